The van der Waals surface area contributed by atoms with Gasteiger partial charge >= 0.3 is 0 Å². The van der Waals surface area contributed by atoms with Crippen LogP contribution in [-0.2, 0) is 10.8 Å². The maximum Gasteiger partial charge on any atom is 0.0943 e. The molecule has 2 rings (SSSR count). The highest BCUT2D eigenvalue weighted by Gasteiger charge is 2.43. The van der Waals surface area contributed by atoms with E-state index in [4.69, 9.17) is 4.42 Å². The SMILES string of the molecule is CC1(C)CC(C)(C)c2cocc21. The smallest absolute Gasteiger partial charge is 0.0943 e. The van der Waals surface area contributed by atoms with E-state index >= 15 is 0 Å². The topological polar surface area (TPSA) is 13.1 Å². The van der Waals surface area contributed by atoms with Crippen molar-refractivity contribution in [1.29, 1.82) is 0 Å². The molecule has 1 aromatic heterocycles. The van der Waals surface area contributed by atoms with E-state index in [9.17, 15) is 0 Å². The highest BCUT2D eigenvalue weighted by molar-refractivity contribution is 5.41. The van der Waals surface area contributed by atoms with Crippen molar-refractivity contribution < 1.29 is 4.42 Å². The number of rotatable bonds is 0. The van der Waals surface area contributed by atoms with Gasteiger partial charge in [-0.25, -0.2) is 0 Å². The van der Waals surface area contributed by atoms with E-state index in [0.717, 1.165) is 0 Å². The first-order valence-electron chi connectivity index (χ1n) is 4.51. The van der Waals surface area contributed by atoms with Gasteiger partial charge in [-0.15, -0.1) is 0 Å². The molecule has 0 fully saturated rings. The van der Waals surface area contributed by atoms with E-state index in [1.165, 1.54) is 17.5 Å². The van der Waals surface area contributed by atoms with Crippen molar-refractivity contribution in [2.75, 3.05) is 0 Å². The van der Waals surface area contributed by atoms with Gasteiger partial charge < -0.3 is 4.42 Å². The molecule has 0 saturated heterocycles. The van der Waals surface area contributed by atoms with Crippen molar-refractivity contribution in [3.63, 3.8) is 0 Å². The molecule has 0 atom stereocenters. The predicted molar refractivity (Wildman–Crippen MR) is 49.4 cm³/mol. The van der Waals surface area contributed by atoms with E-state index in [2.05, 4.69) is 27.7 Å². The largest absolute Gasteiger partial charge is 0.472 e. The fraction of sp³-hybridized carbons (Fsp3) is 0.636. The Bertz CT molecular complexity index is 276. The van der Waals surface area contributed by atoms with Crippen molar-refractivity contribution in [3.8, 4) is 0 Å². The monoisotopic (exact) mass is 164 g/mol. The lowest BCUT2D eigenvalue weighted by Crippen LogP contribution is -2.18. The molecule has 66 valence electrons. The van der Waals surface area contributed by atoms with Crippen LogP contribution in [0, 0.1) is 0 Å². The molecule has 1 heteroatoms. The zero-order chi connectivity index (χ0) is 8.98. The molecule has 0 N–H and O–H groups in total. The molecule has 0 bridgehead atoms. The van der Waals surface area contributed by atoms with Gasteiger partial charge in [-0.2, -0.15) is 0 Å². The van der Waals surface area contributed by atoms with Crippen LogP contribution < -0.4 is 0 Å². The molecule has 0 radical (unpaired) electrons. The third kappa shape index (κ3) is 0.855. The highest BCUT2D eigenvalue weighted by atomic mass is 16.3. The van der Waals surface area contributed by atoms with Crippen LogP contribution >= 0.6 is 0 Å². The van der Waals surface area contributed by atoms with Gasteiger partial charge in [0.15, 0.2) is 0 Å². The lowest BCUT2D eigenvalue weighted by atomic mass is 9.82. The Labute approximate surface area is 73.8 Å². The Morgan fingerprint density at radius 1 is 1.00 bits per heavy atom. The zero-order valence-electron chi connectivity index (χ0n) is 8.27. The minimum absolute atomic E-state index is 0.297. The normalized spacial score (nSPS) is 24.0. The second-order valence-electron chi connectivity index (χ2n) is 5.14. The summed E-state index contributed by atoms with van der Waals surface area (Å²) in [6.07, 6.45) is 5.04. The molecule has 0 saturated carbocycles. The number of fused-ring (bicyclic) bond motifs is 1. The minimum atomic E-state index is 0.297. The lowest BCUT2D eigenvalue weighted by molar-refractivity contribution is 0.387. The minimum Gasteiger partial charge on any atom is -0.472 e. The summed E-state index contributed by atoms with van der Waals surface area (Å²) >= 11 is 0. The van der Waals surface area contributed by atoms with Gasteiger partial charge in [-0.1, -0.05) is 27.7 Å². The molecule has 1 aromatic rings. The maximum absolute atomic E-state index is 5.26. The number of hydrogen-bond acceptors (Lipinski definition) is 1. The van der Waals surface area contributed by atoms with Crippen LogP contribution in [0.2, 0.25) is 0 Å². The molecule has 0 amide bonds. The molecule has 12 heavy (non-hydrogen) atoms. The van der Waals surface area contributed by atoms with Crippen molar-refractivity contribution in [2.45, 2.75) is 44.9 Å². The summed E-state index contributed by atoms with van der Waals surface area (Å²) in [7, 11) is 0. The van der Waals surface area contributed by atoms with Gasteiger partial charge in [-0.05, 0) is 28.4 Å². The van der Waals surface area contributed by atoms with Crippen LogP contribution in [0.3, 0.4) is 0 Å². The molecule has 1 nitrogen and oxygen atoms in total. The van der Waals surface area contributed by atoms with Gasteiger partial charge in [-0.3, -0.25) is 0 Å². The Kier molecular flexibility index (Phi) is 1.29. The third-order valence-corrected chi connectivity index (χ3v) is 3.00. The van der Waals surface area contributed by atoms with E-state index < -0.39 is 0 Å². The highest BCUT2D eigenvalue weighted by Crippen LogP contribution is 2.49. The Balaban J connectivity index is 2.60. The number of hydrogen-bond donors (Lipinski definition) is 0. The molecule has 0 unspecified atom stereocenters. The van der Waals surface area contributed by atoms with Crippen LogP contribution in [-0.4, -0.2) is 0 Å². The maximum atomic E-state index is 5.26. The van der Waals surface area contributed by atoms with Crippen molar-refractivity contribution in [3.05, 3.63) is 23.7 Å². The summed E-state index contributed by atoms with van der Waals surface area (Å²) in [4.78, 5) is 0. The average Bonchev–Trinajstić information content (AvgIpc) is 2.34. The van der Waals surface area contributed by atoms with Crippen molar-refractivity contribution >= 4 is 0 Å². The Morgan fingerprint density at radius 3 is 1.83 bits per heavy atom. The molecule has 1 aliphatic rings. The molecule has 0 aliphatic heterocycles. The second-order valence-corrected chi connectivity index (χ2v) is 5.14. The van der Waals surface area contributed by atoms with E-state index in [1.54, 1.807) is 0 Å². The standard InChI is InChI=1S/C11H16O/c1-10(2)7-11(3,4)9-6-12-5-8(9)10/h5-6H,7H2,1-4H3. The van der Waals surface area contributed by atoms with E-state index in [1.807, 2.05) is 12.5 Å². The van der Waals surface area contributed by atoms with Crippen LogP contribution in [0.15, 0.2) is 16.9 Å². The summed E-state index contributed by atoms with van der Waals surface area (Å²) < 4.78 is 5.26. The first-order chi connectivity index (χ1) is 5.43. The zero-order valence-corrected chi connectivity index (χ0v) is 8.27. The first kappa shape index (κ1) is 7.90. The van der Waals surface area contributed by atoms with Crippen LogP contribution in [0.4, 0.5) is 0 Å². The third-order valence-electron chi connectivity index (χ3n) is 3.00. The van der Waals surface area contributed by atoms with Gasteiger partial charge in [0, 0.05) is 0 Å². The first-order valence-corrected chi connectivity index (χ1v) is 4.51. The molecule has 1 aliphatic carbocycles. The van der Waals surface area contributed by atoms with Gasteiger partial charge in [0.05, 0.1) is 12.5 Å². The molecular formula is C11H16O. The van der Waals surface area contributed by atoms with Gasteiger partial charge in [0.2, 0.25) is 0 Å². The van der Waals surface area contributed by atoms with E-state index in [0.29, 0.717) is 10.8 Å². The Morgan fingerprint density at radius 2 is 1.42 bits per heavy atom. The molecule has 1 heterocycles. The van der Waals surface area contributed by atoms with Crippen LogP contribution in [0.5, 0.6) is 0 Å². The van der Waals surface area contributed by atoms with E-state index in [-0.39, 0.29) is 0 Å². The van der Waals surface area contributed by atoms with Crippen molar-refractivity contribution in [2.24, 2.45) is 0 Å². The molecular weight excluding hydrogens is 148 g/mol. The van der Waals surface area contributed by atoms with Crippen molar-refractivity contribution in [1.82, 2.24) is 0 Å². The van der Waals surface area contributed by atoms with Gasteiger partial charge in [0.25, 0.3) is 0 Å². The molecule has 0 aromatic carbocycles. The fourth-order valence-corrected chi connectivity index (χ4v) is 2.64. The lowest BCUT2D eigenvalue weighted by Gasteiger charge is -2.22. The summed E-state index contributed by atoms with van der Waals surface area (Å²) in [5, 5.41) is 0. The van der Waals surface area contributed by atoms with Crippen LogP contribution in [0.1, 0.15) is 45.2 Å². The summed E-state index contributed by atoms with van der Waals surface area (Å²) in [5.74, 6) is 0. The van der Waals surface area contributed by atoms with Crippen LogP contribution in [0.25, 0.3) is 0 Å². The number of furan rings is 1. The summed E-state index contributed by atoms with van der Waals surface area (Å²) in [5.41, 5.74) is 3.39. The second kappa shape index (κ2) is 1.95. The average molecular weight is 164 g/mol. The predicted octanol–water partition coefficient (Wildman–Crippen LogP) is 3.24. The summed E-state index contributed by atoms with van der Waals surface area (Å²) in [6.45, 7) is 9.15. The fourth-order valence-electron chi connectivity index (χ4n) is 2.64. The van der Waals surface area contributed by atoms with Gasteiger partial charge in [0.1, 0.15) is 0 Å². The Hall–Kier alpha value is -0.720. The quantitative estimate of drug-likeness (QED) is 0.573. The summed E-state index contributed by atoms with van der Waals surface area (Å²) in [6, 6.07) is 0. The molecule has 0 spiro atoms.